The van der Waals surface area contributed by atoms with E-state index in [0.717, 1.165) is 57.5 Å². The number of hydrogen-bond donors (Lipinski definition) is 1. The molecule has 2 rings (SSSR count). The Kier molecular flexibility index (Phi) is 6.51. The highest BCUT2D eigenvalue weighted by Crippen LogP contribution is 2.19. The summed E-state index contributed by atoms with van der Waals surface area (Å²) < 4.78 is 7.45. The van der Waals surface area contributed by atoms with Gasteiger partial charge in [0.25, 0.3) is 0 Å². The van der Waals surface area contributed by atoms with Crippen molar-refractivity contribution in [1.82, 2.24) is 14.9 Å². The molecular formula is C16H30N4O. The average molecular weight is 294 g/mol. The Morgan fingerprint density at radius 3 is 2.86 bits per heavy atom. The van der Waals surface area contributed by atoms with Crippen LogP contribution in [0.1, 0.15) is 31.9 Å². The first-order chi connectivity index (χ1) is 10.2. The number of nitrogens with zero attached hydrogens (tertiary/aromatic N) is 3. The van der Waals surface area contributed by atoms with Crippen molar-refractivity contribution in [3.05, 3.63) is 11.9 Å². The monoisotopic (exact) mass is 294 g/mol. The molecule has 0 unspecified atom stereocenters. The van der Waals surface area contributed by atoms with Crippen LogP contribution in [0.4, 0.5) is 5.95 Å². The number of ether oxygens (including phenoxy) is 1. The van der Waals surface area contributed by atoms with Gasteiger partial charge in [0.1, 0.15) is 0 Å². The molecule has 0 aromatic carbocycles. The summed E-state index contributed by atoms with van der Waals surface area (Å²) in [6, 6.07) is 0. The highest BCUT2D eigenvalue weighted by atomic mass is 16.5. The summed E-state index contributed by atoms with van der Waals surface area (Å²) in [5.74, 6) is 1.90. The van der Waals surface area contributed by atoms with Crippen LogP contribution in [0.25, 0.3) is 0 Å². The van der Waals surface area contributed by atoms with Gasteiger partial charge in [-0.25, -0.2) is 4.98 Å². The molecule has 5 heteroatoms. The number of rotatable bonds is 8. The lowest BCUT2D eigenvalue weighted by atomic mass is 9.98. The second kappa shape index (κ2) is 8.39. The Bertz CT molecular complexity index is 412. The lowest BCUT2D eigenvalue weighted by Crippen LogP contribution is -2.35. The van der Waals surface area contributed by atoms with E-state index >= 15 is 0 Å². The first-order valence-electron chi connectivity index (χ1n) is 8.21. The van der Waals surface area contributed by atoms with Gasteiger partial charge in [-0.15, -0.1) is 0 Å². The quantitative estimate of drug-likeness (QED) is 0.744. The molecule has 21 heavy (non-hydrogen) atoms. The van der Waals surface area contributed by atoms with E-state index in [4.69, 9.17) is 9.72 Å². The summed E-state index contributed by atoms with van der Waals surface area (Å²) in [6.45, 7) is 7.36. The van der Waals surface area contributed by atoms with Gasteiger partial charge in [0.05, 0.1) is 5.69 Å². The average Bonchev–Trinajstić information content (AvgIpc) is 2.92. The van der Waals surface area contributed by atoms with Gasteiger partial charge in [-0.2, -0.15) is 0 Å². The Morgan fingerprint density at radius 2 is 2.19 bits per heavy atom. The topological polar surface area (TPSA) is 42.3 Å². The molecule has 5 nitrogen and oxygen atoms in total. The molecule has 120 valence electrons. The number of nitrogens with one attached hydrogen (secondary N) is 1. The molecule has 1 aliphatic heterocycles. The first kappa shape index (κ1) is 16.3. The van der Waals surface area contributed by atoms with Crippen LogP contribution in [0, 0.1) is 5.92 Å². The molecule has 0 radical (unpaired) electrons. The van der Waals surface area contributed by atoms with Gasteiger partial charge in [0, 0.05) is 40.1 Å². The summed E-state index contributed by atoms with van der Waals surface area (Å²) in [7, 11) is 3.94. The first-order valence-corrected chi connectivity index (χ1v) is 8.21. The number of hydrogen-bond acceptors (Lipinski definition) is 4. The van der Waals surface area contributed by atoms with Crippen molar-refractivity contribution in [2.24, 2.45) is 5.92 Å². The third-order valence-corrected chi connectivity index (χ3v) is 4.25. The van der Waals surface area contributed by atoms with Crippen molar-refractivity contribution in [2.45, 2.75) is 39.2 Å². The molecule has 0 bridgehead atoms. The van der Waals surface area contributed by atoms with E-state index in [-0.39, 0.29) is 0 Å². The SMILES string of the molecule is CCc1cn(CCCOC)c(N(C)CC2CCNCC2)n1. The predicted molar refractivity (Wildman–Crippen MR) is 87.0 cm³/mol. The zero-order valence-electron chi connectivity index (χ0n) is 13.8. The maximum atomic E-state index is 5.16. The van der Waals surface area contributed by atoms with Gasteiger partial charge in [-0.1, -0.05) is 6.92 Å². The second-order valence-corrected chi connectivity index (χ2v) is 6.00. The van der Waals surface area contributed by atoms with E-state index in [2.05, 4.69) is 35.0 Å². The standard InChI is InChI=1S/C16H30N4O/c1-4-15-13-20(10-5-11-21-3)16(18-15)19(2)12-14-6-8-17-9-7-14/h13-14,17H,4-12H2,1-3H3. The molecular weight excluding hydrogens is 264 g/mol. The van der Waals surface area contributed by atoms with Crippen LogP contribution in [0.15, 0.2) is 6.20 Å². The van der Waals surface area contributed by atoms with E-state index in [9.17, 15) is 0 Å². The maximum Gasteiger partial charge on any atom is 0.205 e. The lowest BCUT2D eigenvalue weighted by molar-refractivity contribution is 0.190. The molecule has 1 aromatic rings. The van der Waals surface area contributed by atoms with E-state index in [1.54, 1.807) is 7.11 Å². The lowest BCUT2D eigenvalue weighted by Gasteiger charge is -2.28. The molecule has 0 atom stereocenters. The van der Waals surface area contributed by atoms with Crippen molar-refractivity contribution >= 4 is 5.95 Å². The Labute approximate surface area is 128 Å². The number of aryl methyl sites for hydroxylation is 2. The number of piperidine rings is 1. The van der Waals surface area contributed by atoms with Crippen LogP contribution in [0.3, 0.4) is 0 Å². The minimum atomic E-state index is 0.783. The minimum absolute atomic E-state index is 0.783. The fraction of sp³-hybridized carbons (Fsp3) is 0.812. The highest BCUT2D eigenvalue weighted by Gasteiger charge is 2.18. The van der Waals surface area contributed by atoms with Crippen molar-refractivity contribution in [3.8, 4) is 0 Å². The van der Waals surface area contributed by atoms with Gasteiger partial charge in [-0.05, 0) is 44.7 Å². The summed E-state index contributed by atoms with van der Waals surface area (Å²) in [6.07, 6.45) is 6.77. The molecule has 2 heterocycles. The van der Waals surface area contributed by atoms with Crippen LogP contribution >= 0.6 is 0 Å². The zero-order valence-corrected chi connectivity index (χ0v) is 13.8. The second-order valence-electron chi connectivity index (χ2n) is 6.00. The Hall–Kier alpha value is -1.07. The third-order valence-electron chi connectivity index (χ3n) is 4.25. The fourth-order valence-electron chi connectivity index (χ4n) is 3.01. The number of anilines is 1. The maximum absolute atomic E-state index is 5.16. The minimum Gasteiger partial charge on any atom is -0.385 e. The van der Waals surface area contributed by atoms with Crippen molar-refractivity contribution < 1.29 is 4.74 Å². The third kappa shape index (κ3) is 4.71. The molecule has 1 aliphatic rings. The van der Waals surface area contributed by atoms with Gasteiger partial charge >= 0.3 is 0 Å². The van der Waals surface area contributed by atoms with Crippen molar-refractivity contribution in [2.75, 3.05) is 45.3 Å². The zero-order chi connectivity index (χ0) is 15.1. The van der Waals surface area contributed by atoms with Crippen molar-refractivity contribution in [1.29, 1.82) is 0 Å². The summed E-state index contributed by atoms with van der Waals surface area (Å²) >= 11 is 0. The van der Waals surface area contributed by atoms with Crippen LogP contribution in [-0.4, -0.2) is 49.9 Å². The molecule has 0 saturated carbocycles. The number of imidazole rings is 1. The van der Waals surface area contributed by atoms with E-state index < -0.39 is 0 Å². The van der Waals surface area contributed by atoms with Crippen molar-refractivity contribution in [3.63, 3.8) is 0 Å². The van der Waals surface area contributed by atoms with E-state index in [0.29, 0.717) is 0 Å². The van der Waals surface area contributed by atoms with E-state index in [1.807, 2.05) is 0 Å². The largest absolute Gasteiger partial charge is 0.385 e. The molecule has 0 spiro atoms. The molecule has 1 saturated heterocycles. The van der Waals surface area contributed by atoms with Crippen LogP contribution in [-0.2, 0) is 17.7 Å². The molecule has 1 aromatic heterocycles. The fourth-order valence-corrected chi connectivity index (χ4v) is 3.01. The highest BCUT2D eigenvalue weighted by molar-refractivity contribution is 5.32. The molecule has 1 N–H and O–H groups in total. The molecule has 1 fully saturated rings. The molecule has 0 amide bonds. The number of aromatic nitrogens is 2. The van der Waals surface area contributed by atoms with Gasteiger partial charge in [0.2, 0.25) is 5.95 Å². The smallest absolute Gasteiger partial charge is 0.205 e. The summed E-state index contributed by atoms with van der Waals surface area (Å²) in [5.41, 5.74) is 1.18. The van der Waals surface area contributed by atoms with E-state index in [1.165, 1.54) is 18.5 Å². The Balaban J connectivity index is 1.99. The van der Waals surface area contributed by atoms with Gasteiger partial charge in [-0.3, -0.25) is 0 Å². The van der Waals surface area contributed by atoms with Crippen LogP contribution in [0.5, 0.6) is 0 Å². The van der Waals surface area contributed by atoms with Crippen LogP contribution in [0.2, 0.25) is 0 Å². The summed E-state index contributed by atoms with van der Waals surface area (Å²) in [4.78, 5) is 7.14. The molecule has 0 aliphatic carbocycles. The normalized spacial score (nSPS) is 16.3. The number of methoxy groups -OCH3 is 1. The summed E-state index contributed by atoms with van der Waals surface area (Å²) in [5, 5.41) is 3.43. The van der Waals surface area contributed by atoms with Gasteiger partial charge in [0.15, 0.2) is 0 Å². The van der Waals surface area contributed by atoms with Gasteiger partial charge < -0.3 is 19.5 Å². The predicted octanol–water partition coefficient (Wildman–Crippen LogP) is 1.92. The Morgan fingerprint density at radius 1 is 1.43 bits per heavy atom. The van der Waals surface area contributed by atoms with Crippen LogP contribution < -0.4 is 10.2 Å².